The van der Waals surface area contributed by atoms with Crippen LogP contribution in [0.5, 0.6) is 11.5 Å². The maximum atomic E-state index is 5.23. The van der Waals surface area contributed by atoms with Crippen LogP contribution in [0.3, 0.4) is 0 Å². The van der Waals surface area contributed by atoms with Gasteiger partial charge in [0.1, 0.15) is 0 Å². The fourth-order valence-electron chi connectivity index (χ4n) is 1.41. The Morgan fingerprint density at radius 3 is 2.88 bits per heavy atom. The first kappa shape index (κ1) is 11.7. The van der Waals surface area contributed by atoms with Crippen molar-refractivity contribution in [1.82, 2.24) is 4.98 Å². The summed E-state index contributed by atoms with van der Waals surface area (Å²) in [4.78, 5) is 3.74. The van der Waals surface area contributed by atoms with E-state index in [4.69, 9.17) is 9.47 Å². The molecule has 0 bridgehead atoms. The first-order valence-electron chi connectivity index (χ1n) is 5.21. The number of thiazole rings is 1. The molecule has 0 saturated carbocycles. The first-order chi connectivity index (χ1) is 8.40. The van der Waals surface area contributed by atoms with Crippen LogP contribution >= 0.6 is 11.3 Å². The highest BCUT2D eigenvalue weighted by Gasteiger charge is 2.12. The van der Waals surface area contributed by atoms with Crippen molar-refractivity contribution in [2.45, 2.75) is 6.42 Å². The third kappa shape index (κ3) is 3.32. The molecule has 0 spiro atoms. The molecule has 0 fully saturated rings. The highest BCUT2D eigenvalue weighted by Crippen LogP contribution is 2.32. The number of rotatable bonds is 2. The zero-order valence-electron chi connectivity index (χ0n) is 9.33. The van der Waals surface area contributed by atoms with Crippen LogP contribution in [0.15, 0.2) is 47.9 Å². The van der Waals surface area contributed by atoms with E-state index in [2.05, 4.69) is 11.6 Å². The Morgan fingerprint density at radius 2 is 2.24 bits per heavy atom. The van der Waals surface area contributed by atoms with Gasteiger partial charge < -0.3 is 9.47 Å². The van der Waals surface area contributed by atoms with Crippen LogP contribution in [-0.4, -0.2) is 11.8 Å². The molecule has 0 atom stereocenters. The monoisotopic (exact) mass is 247 g/mol. The summed E-state index contributed by atoms with van der Waals surface area (Å²) in [5, 5.41) is 1.93. The third-order valence-corrected chi connectivity index (χ3v) is 2.69. The fourth-order valence-corrected chi connectivity index (χ4v) is 1.76. The molecule has 0 amide bonds. The van der Waals surface area contributed by atoms with E-state index < -0.39 is 0 Å². The normalized spacial score (nSPS) is 11.5. The Kier molecular flexibility index (Phi) is 4.16. The van der Waals surface area contributed by atoms with Crippen molar-refractivity contribution in [2.75, 3.05) is 6.79 Å². The molecule has 3 rings (SSSR count). The molecule has 0 N–H and O–H groups in total. The van der Waals surface area contributed by atoms with Crippen molar-refractivity contribution in [3.8, 4) is 11.5 Å². The summed E-state index contributed by atoms with van der Waals surface area (Å²) < 4.78 is 10.4. The van der Waals surface area contributed by atoms with Crippen LogP contribution in [0.1, 0.15) is 5.56 Å². The molecule has 0 unspecified atom stereocenters. The smallest absolute Gasteiger partial charge is 0.231 e. The molecule has 88 valence electrons. The lowest BCUT2D eigenvalue weighted by molar-refractivity contribution is 0.174. The van der Waals surface area contributed by atoms with Crippen molar-refractivity contribution >= 4 is 11.3 Å². The lowest BCUT2D eigenvalue weighted by Crippen LogP contribution is -1.92. The Morgan fingerprint density at radius 1 is 1.35 bits per heavy atom. The van der Waals surface area contributed by atoms with Gasteiger partial charge in [0.2, 0.25) is 6.79 Å². The Labute approximate surface area is 104 Å². The average Bonchev–Trinajstić information content (AvgIpc) is 3.03. The SMILES string of the molecule is C=CCc1ccc2c(c1)OCO2.c1cscn1. The molecule has 4 heteroatoms. The Hall–Kier alpha value is -1.81. The lowest BCUT2D eigenvalue weighted by Gasteiger charge is -1.98. The van der Waals surface area contributed by atoms with Crippen molar-refractivity contribution in [1.29, 1.82) is 0 Å². The summed E-state index contributed by atoms with van der Waals surface area (Å²) in [7, 11) is 0. The third-order valence-electron chi connectivity index (χ3n) is 2.16. The minimum atomic E-state index is 0.340. The number of allylic oxidation sites excluding steroid dienone is 1. The molecule has 2 heterocycles. The predicted molar refractivity (Wildman–Crippen MR) is 68.6 cm³/mol. The van der Waals surface area contributed by atoms with Crippen molar-refractivity contribution < 1.29 is 9.47 Å². The molecule has 0 radical (unpaired) electrons. The number of ether oxygens (including phenoxy) is 2. The van der Waals surface area contributed by atoms with E-state index in [-0.39, 0.29) is 0 Å². The molecule has 1 aromatic heterocycles. The van der Waals surface area contributed by atoms with Gasteiger partial charge >= 0.3 is 0 Å². The second-order valence-electron chi connectivity index (χ2n) is 3.36. The van der Waals surface area contributed by atoms with Gasteiger partial charge in [-0.3, -0.25) is 4.98 Å². The van der Waals surface area contributed by atoms with Crippen molar-refractivity contribution in [3.63, 3.8) is 0 Å². The molecular formula is C13H13NO2S. The number of nitrogens with zero attached hydrogens (tertiary/aromatic N) is 1. The van der Waals surface area contributed by atoms with Gasteiger partial charge in [0.05, 0.1) is 5.51 Å². The maximum absolute atomic E-state index is 5.23. The number of hydrogen-bond donors (Lipinski definition) is 0. The van der Waals surface area contributed by atoms with Crippen LogP contribution in [0.4, 0.5) is 0 Å². The number of benzene rings is 1. The number of hydrogen-bond acceptors (Lipinski definition) is 4. The molecule has 3 nitrogen and oxygen atoms in total. The van der Waals surface area contributed by atoms with Gasteiger partial charge in [-0.15, -0.1) is 17.9 Å². The van der Waals surface area contributed by atoms with Crippen LogP contribution in [-0.2, 0) is 6.42 Å². The molecule has 17 heavy (non-hydrogen) atoms. The van der Waals surface area contributed by atoms with E-state index in [0.29, 0.717) is 6.79 Å². The summed E-state index contributed by atoms with van der Waals surface area (Å²) in [5.74, 6) is 1.68. The van der Waals surface area contributed by atoms with Gasteiger partial charge in [0.15, 0.2) is 11.5 Å². The molecular weight excluding hydrogens is 234 g/mol. The van der Waals surface area contributed by atoms with Crippen molar-refractivity contribution in [3.05, 3.63) is 53.5 Å². The second kappa shape index (κ2) is 6.06. The van der Waals surface area contributed by atoms with Gasteiger partial charge in [0, 0.05) is 11.6 Å². The highest BCUT2D eigenvalue weighted by molar-refractivity contribution is 7.07. The molecule has 1 aliphatic rings. The fraction of sp³-hybridized carbons (Fsp3) is 0.154. The first-order valence-corrected chi connectivity index (χ1v) is 6.16. The minimum absolute atomic E-state index is 0.340. The van der Waals surface area contributed by atoms with E-state index >= 15 is 0 Å². The Balaban J connectivity index is 0.000000181. The lowest BCUT2D eigenvalue weighted by atomic mass is 10.1. The van der Waals surface area contributed by atoms with E-state index in [9.17, 15) is 0 Å². The highest BCUT2D eigenvalue weighted by atomic mass is 32.1. The van der Waals surface area contributed by atoms with Gasteiger partial charge in [-0.1, -0.05) is 12.1 Å². The topological polar surface area (TPSA) is 31.4 Å². The number of fused-ring (bicyclic) bond motifs is 1. The van der Waals surface area contributed by atoms with E-state index in [0.717, 1.165) is 17.9 Å². The standard InChI is InChI=1S/C10H10O2.C3H3NS/c1-2-3-8-4-5-9-10(6-8)12-7-11-9;1-2-5-3-4-1/h2,4-6H,1,3,7H2;1-3H. The summed E-state index contributed by atoms with van der Waals surface area (Å²) in [6.45, 7) is 4.02. The van der Waals surface area contributed by atoms with E-state index in [1.54, 1.807) is 23.0 Å². The maximum Gasteiger partial charge on any atom is 0.231 e. The predicted octanol–water partition coefficient (Wildman–Crippen LogP) is 3.29. The Bertz CT molecular complexity index is 451. The van der Waals surface area contributed by atoms with E-state index in [1.165, 1.54) is 5.56 Å². The molecule has 0 aliphatic carbocycles. The zero-order valence-corrected chi connectivity index (χ0v) is 10.2. The second-order valence-corrected chi connectivity index (χ2v) is 4.11. The largest absolute Gasteiger partial charge is 0.454 e. The zero-order chi connectivity index (χ0) is 11.9. The van der Waals surface area contributed by atoms with Crippen LogP contribution in [0.25, 0.3) is 0 Å². The molecule has 1 aromatic carbocycles. The minimum Gasteiger partial charge on any atom is -0.454 e. The van der Waals surface area contributed by atoms with Crippen LogP contribution < -0.4 is 9.47 Å². The molecule has 1 aliphatic heterocycles. The summed E-state index contributed by atoms with van der Waals surface area (Å²) in [5.41, 5.74) is 2.99. The van der Waals surface area contributed by atoms with Crippen LogP contribution in [0.2, 0.25) is 0 Å². The summed E-state index contributed by atoms with van der Waals surface area (Å²) >= 11 is 1.60. The van der Waals surface area contributed by atoms with Crippen molar-refractivity contribution in [2.24, 2.45) is 0 Å². The summed E-state index contributed by atoms with van der Waals surface area (Å²) in [6.07, 6.45) is 4.51. The van der Waals surface area contributed by atoms with Gasteiger partial charge in [0.25, 0.3) is 0 Å². The van der Waals surface area contributed by atoms with Gasteiger partial charge in [-0.05, 0) is 24.1 Å². The van der Waals surface area contributed by atoms with Crippen LogP contribution in [0, 0.1) is 0 Å². The number of aromatic nitrogens is 1. The van der Waals surface area contributed by atoms with Gasteiger partial charge in [-0.25, -0.2) is 0 Å². The van der Waals surface area contributed by atoms with E-state index in [1.807, 2.05) is 29.7 Å². The molecule has 0 saturated heterocycles. The summed E-state index contributed by atoms with van der Waals surface area (Å²) in [6, 6.07) is 5.94. The van der Waals surface area contributed by atoms with Gasteiger partial charge in [-0.2, -0.15) is 0 Å². The molecule has 2 aromatic rings. The quantitative estimate of drug-likeness (QED) is 0.763. The average molecular weight is 247 g/mol.